The first kappa shape index (κ1) is 18.2. The van der Waals surface area contributed by atoms with E-state index in [1.54, 1.807) is 51.3 Å². The smallest absolute Gasteiger partial charge is 0.261 e. The van der Waals surface area contributed by atoms with Crippen LogP contribution in [0, 0.1) is 6.92 Å². The number of aryl methyl sites for hydroxylation is 1. The first-order valence-corrected chi connectivity index (χ1v) is 9.56. The van der Waals surface area contributed by atoms with Crippen molar-refractivity contribution in [3.05, 3.63) is 65.6 Å². The lowest BCUT2D eigenvalue weighted by Gasteiger charge is -2.14. The molecule has 2 heterocycles. The molecule has 2 aromatic heterocycles. The molecule has 0 saturated heterocycles. The van der Waals surface area contributed by atoms with Gasteiger partial charge in [0, 0.05) is 12.4 Å². The number of nitrogens with one attached hydrogen (secondary N) is 1. The van der Waals surface area contributed by atoms with Crippen LogP contribution in [-0.4, -0.2) is 26.2 Å². The predicted molar refractivity (Wildman–Crippen MR) is 104 cm³/mol. The Hall–Kier alpha value is -2.58. The van der Waals surface area contributed by atoms with E-state index in [9.17, 15) is 8.42 Å². The Morgan fingerprint density at radius 2 is 1.92 bits per heavy atom. The summed E-state index contributed by atoms with van der Waals surface area (Å²) in [6.45, 7) is 1.78. The van der Waals surface area contributed by atoms with Crippen LogP contribution in [0.1, 0.15) is 5.69 Å². The van der Waals surface area contributed by atoms with Gasteiger partial charge < -0.3 is 4.74 Å². The van der Waals surface area contributed by atoms with E-state index < -0.39 is 10.0 Å². The van der Waals surface area contributed by atoms with Crippen LogP contribution >= 0.6 is 11.6 Å². The number of ether oxygens (including phenoxy) is 1. The van der Waals surface area contributed by atoms with Crippen LogP contribution in [0.4, 0.5) is 5.69 Å². The van der Waals surface area contributed by atoms with Crippen molar-refractivity contribution in [1.29, 1.82) is 0 Å². The van der Waals surface area contributed by atoms with Crippen molar-refractivity contribution in [2.24, 2.45) is 0 Å². The number of sulfonamides is 1. The van der Waals surface area contributed by atoms with Crippen molar-refractivity contribution in [3.63, 3.8) is 0 Å². The molecule has 6 nitrogen and oxygen atoms in total. The lowest BCUT2D eigenvalue weighted by molar-refractivity contribution is 0.459. The summed E-state index contributed by atoms with van der Waals surface area (Å²) < 4.78 is 33.8. The second-order valence-corrected chi connectivity index (χ2v) is 7.65. The Bertz CT molecular complexity index is 1060. The maximum Gasteiger partial charge on any atom is 0.261 e. The number of halogens is 1. The molecule has 0 aliphatic carbocycles. The highest BCUT2D eigenvalue weighted by atomic mass is 35.5. The highest BCUT2D eigenvalue weighted by Crippen LogP contribution is 2.31. The summed E-state index contributed by atoms with van der Waals surface area (Å²) in [7, 11) is -2.11. The van der Waals surface area contributed by atoms with Gasteiger partial charge in [-0.1, -0.05) is 35.3 Å². The molecule has 0 bridgehead atoms. The SMILES string of the molecule is Bc1ccccc1S(=O)(=O)Nc1cc(Cl)cnc1Oc1cccnc1C. The molecule has 0 aliphatic heterocycles. The van der Waals surface area contributed by atoms with Crippen LogP contribution in [-0.2, 0) is 10.0 Å². The standard InChI is InChI=1S/C17H15BClN3O3S/c1-11-15(6-4-8-20-11)25-17-14(9-12(19)10-21-17)22-26(23,24)16-7-3-2-5-13(16)18/h2-10,22H,18H2,1H3. The summed E-state index contributed by atoms with van der Waals surface area (Å²) in [6.07, 6.45) is 3.02. The zero-order chi connectivity index (χ0) is 18.7. The molecule has 0 spiro atoms. The fraction of sp³-hybridized carbons (Fsp3) is 0.0588. The number of aromatic nitrogens is 2. The van der Waals surface area contributed by atoms with E-state index >= 15 is 0 Å². The lowest BCUT2D eigenvalue weighted by atomic mass is 9.97. The van der Waals surface area contributed by atoms with E-state index in [2.05, 4.69) is 14.7 Å². The second-order valence-electron chi connectivity index (χ2n) is 5.57. The van der Waals surface area contributed by atoms with Gasteiger partial charge >= 0.3 is 0 Å². The second kappa shape index (κ2) is 7.35. The summed E-state index contributed by atoms with van der Waals surface area (Å²) in [6, 6.07) is 11.6. The molecule has 26 heavy (non-hydrogen) atoms. The molecule has 0 fully saturated rings. The minimum absolute atomic E-state index is 0.0858. The maximum atomic E-state index is 12.8. The van der Waals surface area contributed by atoms with Crippen LogP contribution in [0.25, 0.3) is 0 Å². The number of hydrogen-bond donors (Lipinski definition) is 1. The quantitative estimate of drug-likeness (QED) is 0.679. The molecule has 3 aromatic rings. The van der Waals surface area contributed by atoms with Crippen LogP contribution in [0.2, 0.25) is 5.02 Å². The normalized spacial score (nSPS) is 11.2. The van der Waals surface area contributed by atoms with E-state index in [1.807, 2.05) is 0 Å². The molecule has 0 radical (unpaired) electrons. The van der Waals surface area contributed by atoms with Crippen molar-refractivity contribution < 1.29 is 13.2 Å². The monoisotopic (exact) mass is 387 g/mol. The van der Waals surface area contributed by atoms with E-state index in [0.717, 1.165) is 0 Å². The third-order valence-electron chi connectivity index (χ3n) is 3.61. The molecule has 0 saturated carbocycles. The maximum absolute atomic E-state index is 12.8. The topological polar surface area (TPSA) is 81.2 Å². The number of hydrogen-bond acceptors (Lipinski definition) is 5. The van der Waals surface area contributed by atoms with Crippen molar-refractivity contribution >= 4 is 40.6 Å². The molecule has 0 amide bonds. The molecule has 3 rings (SSSR count). The fourth-order valence-electron chi connectivity index (χ4n) is 2.32. The Labute approximate surface area is 157 Å². The van der Waals surface area contributed by atoms with Gasteiger partial charge in [0.2, 0.25) is 5.88 Å². The number of rotatable bonds is 5. The Morgan fingerprint density at radius 3 is 2.65 bits per heavy atom. The van der Waals surface area contributed by atoms with Gasteiger partial charge in [0.05, 0.1) is 15.6 Å². The average Bonchev–Trinajstić information content (AvgIpc) is 2.59. The summed E-state index contributed by atoms with van der Waals surface area (Å²) in [5.41, 5.74) is 1.42. The summed E-state index contributed by atoms with van der Waals surface area (Å²) in [5.74, 6) is 0.557. The molecular formula is C17H15BClN3O3S. The van der Waals surface area contributed by atoms with E-state index in [-0.39, 0.29) is 21.5 Å². The molecule has 0 unspecified atom stereocenters. The van der Waals surface area contributed by atoms with Gasteiger partial charge in [-0.05, 0) is 31.2 Å². The van der Waals surface area contributed by atoms with Crippen LogP contribution in [0.15, 0.2) is 59.8 Å². The van der Waals surface area contributed by atoms with Gasteiger partial charge in [-0.25, -0.2) is 13.4 Å². The first-order chi connectivity index (χ1) is 12.4. The molecule has 0 atom stereocenters. The Balaban J connectivity index is 1.99. The van der Waals surface area contributed by atoms with Gasteiger partial charge in [0.15, 0.2) is 5.75 Å². The lowest BCUT2D eigenvalue weighted by Crippen LogP contribution is -2.21. The van der Waals surface area contributed by atoms with Gasteiger partial charge in [-0.3, -0.25) is 9.71 Å². The van der Waals surface area contributed by atoms with Crippen LogP contribution in [0.3, 0.4) is 0 Å². The fourth-order valence-corrected chi connectivity index (χ4v) is 3.77. The van der Waals surface area contributed by atoms with Crippen LogP contribution < -0.4 is 14.9 Å². The number of anilines is 1. The van der Waals surface area contributed by atoms with E-state index in [1.165, 1.54) is 18.3 Å². The number of benzene rings is 1. The van der Waals surface area contributed by atoms with Crippen molar-refractivity contribution in [2.45, 2.75) is 11.8 Å². The summed E-state index contributed by atoms with van der Waals surface area (Å²) in [4.78, 5) is 8.41. The van der Waals surface area contributed by atoms with Crippen molar-refractivity contribution in [3.8, 4) is 11.6 Å². The van der Waals surface area contributed by atoms with Crippen LogP contribution in [0.5, 0.6) is 11.6 Å². The third kappa shape index (κ3) is 3.97. The zero-order valence-electron chi connectivity index (χ0n) is 14.1. The Kier molecular flexibility index (Phi) is 5.15. The highest BCUT2D eigenvalue weighted by molar-refractivity contribution is 7.93. The van der Waals surface area contributed by atoms with Crippen molar-refractivity contribution in [1.82, 2.24) is 9.97 Å². The molecular weight excluding hydrogens is 373 g/mol. The first-order valence-electron chi connectivity index (χ1n) is 7.70. The van der Waals surface area contributed by atoms with E-state index in [4.69, 9.17) is 16.3 Å². The van der Waals surface area contributed by atoms with E-state index in [0.29, 0.717) is 16.9 Å². The molecule has 1 aromatic carbocycles. The minimum atomic E-state index is -3.83. The number of nitrogens with zero attached hydrogens (tertiary/aromatic N) is 2. The van der Waals surface area contributed by atoms with Gasteiger partial charge in [-0.2, -0.15) is 0 Å². The van der Waals surface area contributed by atoms with Gasteiger partial charge in [0.25, 0.3) is 10.0 Å². The van der Waals surface area contributed by atoms with Gasteiger partial charge in [0.1, 0.15) is 13.5 Å². The molecule has 1 N–H and O–H groups in total. The third-order valence-corrected chi connectivity index (χ3v) is 5.34. The highest BCUT2D eigenvalue weighted by Gasteiger charge is 2.20. The molecule has 0 aliphatic rings. The minimum Gasteiger partial charge on any atom is -0.435 e. The summed E-state index contributed by atoms with van der Waals surface area (Å²) in [5, 5.41) is 0.280. The zero-order valence-corrected chi connectivity index (χ0v) is 15.7. The molecule has 132 valence electrons. The Morgan fingerprint density at radius 1 is 1.15 bits per heavy atom. The van der Waals surface area contributed by atoms with Crippen molar-refractivity contribution in [2.75, 3.05) is 4.72 Å². The molecule has 9 heteroatoms. The summed E-state index contributed by atoms with van der Waals surface area (Å²) >= 11 is 5.99. The van der Waals surface area contributed by atoms with Gasteiger partial charge in [-0.15, -0.1) is 0 Å². The average molecular weight is 388 g/mol. The predicted octanol–water partition coefficient (Wildman–Crippen LogP) is 2.29. The number of pyridine rings is 2. The largest absolute Gasteiger partial charge is 0.435 e.